The summed E-state index contributed by atoms with van der Waals surface area (Å²) in [4.78, 5) is 37.8. The predicted molar refractivity (Wildman–Crippen MR) is 141 cm³/mol. The van der Waals surface area contributed by atoms with E-state index in [1.54, 1.807) is 37.7 Å². The van der Waals surface area contributed by atoms with Crippen molar-refractivity contribution in [1.82, 2.24) is 14.8 Å². The number of rotatable bonds is 8. The minimum Gasteiger partial charge on any atom is -0.491 e. The maximum Gasteiger partial charge on any atom is 0.222 e. The normalized spacial score (nSPS) is 17.2. The number of amides is 1. The summed E-state index contributed by atoms with van der Waals surface area (Å²) in [7, 11) is 1.58. The number of ether oxygens (including phenoxy) is 3. The molecule has 2 aromatic rings. The Morgan fingerprint density at radius 3 is 2.78 bits per heavy atom. The molecule has 3 aliphatic rings. The molecule has 37 heavy (non-hydrogen) atoms. The van der Waals surface area contributed by atoms with E-state index in [9.17, 15) is 9.59 Å². The number of hydrogen-bond donors (Lipinski definition) is 1. The van der Waals surface area contributed by atoms with Gasteiger partial charge in [-0.1, -0.05) is 0 Å². The summed E-state index contributed by atoms with van der Waals surface area (Å²) in [6.45, 7) is 4.15. The van der Waals surface area contributed by atoms with Gasteiger partial charge >= 0.3 is 0 Å². The average Bonchev–Trinajstić information content (AvgIpc) is 3.42. The number of morpholine rings is 1. The molecule has 3 aliphatic heterocycles. The molecule has 1 aromatic heterocycles. The number of carbonyl (C=O) groups is 2. The number of fused-ring (bicyclic) bond motifs is 3. The Hall–Kier alpha value is -3.63. The van der Waals surface area contributed by atoms with Gasteiger partial charge in [-0.05, 0) is 30.7 Å². The van der Waals surface area contributed by atoms with Gasteiger partial charge in [-0.25, -0.2) is 0 Å². The van der Waals surface area contributed by atoms with Gasteiger partial charge < -0.3 is 29.3 Å². The number of nitrogens with zero attached hydrogens (tertiary/aromatic N) is 4. The van der Waals surface area contributed by atoms with Crippen LogP contribution < -0.4 is 14.8 Å². The highest BCUT2D eigenvalue weighted by atomic mass is 35.5. The van der Waals surface area contributed by atoms with Crippen LogP contribution in [0.25, 0.3) is 0 Å². The van der Waals surface area contributed by atoms with E-state index in [1.165, 1.54) is 0 Å². The van der Waals surface area contributed by atoms with E-state index in [2.05, 4.69) is 15.3 Å². The van der Waals surface area contributed by atoms with E-state index in [-0.39, 0.29) is 24.1 Å². The number of ketones is 1. The lowest BCUT2D eigenvalue weighted by atomic mass is 10.1. The van der Waals surface area contributed by atoms with Crippen molar-refractivity contribution in [1.29, 1.82) is 0 Å². The standard InChI is InChI=1S/C26H29N5O5.ClH/c1-34-25-21(36-13-3-5-23(33)30-11-14-35-15-12-30)7-6-19-24(25)29-22(31-10-9-28-26(19)31)16-20(32)18-4-2-8-27-17-18;/h2,4,6-8,16-17,29H,3,5,9-15H2,1H3;1H. The maximum absolute atomic E-state index is 12.9. The zero-order chi connectivity index (χ0) is 24.9. The van der Waals surface area contributed by atoms with Crippen molar-refractivity contribution in [3.8, 4) is 11.5 Å². The molecule has 1 fully saturated rings. The summed E-state index contributed by atoms with van der Waals surface area (Å²) in [5.41, 5.74) is 2.08. The fraction of sp³-hybridized carbons (Fsp3) is 0.385. The van der Waals surface area contributed by atoms with Gasteiger partial charge in [-0.15, -0.1) is 12.4 Å². The molecule has 1 saturated heterocycles. The van der Waals surface area contributed by atoms with Crippen LogP contribution in [0.4, 0.5) is 5.69 Å². The first kappa shape index (κ1) is 26.4. The molecule has 0 spiro atoms. The fourth-order valence-electron chi connectivity index (χ4n) is 4.50. The first-order chi connectivity index (χ1) is 17.7. The fourth-order valence-corrected chi connectivity index (χ4v) is 4.50. The molecule has 0 saturated carbocycles. The van der Waals surface area contributed by atoms with Crippen LogP contribution in [-0.2, 0) is 9.53 Å². The molecule has 1 N–H and O–H groups in total. The monoisotopic (exact) mass is 527 g/mol. The molecular formula is C26H30ClN5O5. The molecule has 1 amide bonds. The molecule has 0 aliphatic carbocycles. The zero-order valence-electron chi connectivity index (χ0n) is 20.6. The summed E-state index contributed by atoms with van der Waals surface area (Å²) in [5.74, 6) is 2.47. The third kappa shape index (κ3) is 5.70. The molecular weight excluding hydrogens is 498 g/mol. The Labute approximate surface area is 221 Å². The number of methoxy groups -OCH3 is 1. The predicted octanol–water partition coefficient (Wildman–Crippen LogP) is 2.74. The van der Waals surface area contributed by atoms with Gasteiger partial charge in [0.05, 0.1) is 39.2 Å². The Kier molecular flexibility index (Phi) is 8.62. The quantitative estimate of drug-likeness (QED) is 0.317. The molecule has 0 radical (unpaired) electrons. The van der Waals surface area contributed by atoms with Gasteiger partial charge in [0.2, 0.25) is 5.91 Å². The summed E-state index contributed by atoms with van der Waals surface area (Å²) in [6, 6.07) is 7.27. The van der Waals surface area contributed by atoms with Gasteiger partial charge in [0.15, 0.2) is 17.3 Å². The van der Waals surface area contributed by atoms with E-state index in [0.29, 0.717) is 87.4 Å². The Bertz CT molecular complexity index is 1200. The van der Waals surface area contributed by atoms with Crippen LogP contribution in [0.2, 0.25) is 0 Å². The van der Waals surface area contributed by atoms with Gasteiger partial charge in [0.25, 0.3) is 0 Å². The highest BCUT2D eigenvalue weighted by Crippen LogP contribution is 2.43. The second-order valence-electron chi connectivity index (χ2n) is 8.58. The van der Waals surface area contributed by atoms with E-state index >= 15 is 0 Å². The Morgan fingerprint density at radius 1 is 1.19 bits per heavy atom. The minimum atomic E-state index is -0.156. The van der Waals surface area contributed by atoms with Crippen molar-refractivity contribution >= 4 is 35.6 Å². The zero-order valence-corrected chi connectivity index (χ0v) is 21.5. The van der Waals surface area contributed by atoms with Crippen LogP contribution in [0, 0.1) is 0 Å². The van der Waals surface area contributed by atoms with Crippen molar-refractivity contribution < 1.29 is 23.8 Å². The molecule has 1 aromatic carbocycles. The number of benzene rings is 1. The van der Waals surface area contributed by atoms with Gasteiger partial charge in [0.1, 0.15) is 11.7 Å². The van der Waals surface area contributed by atoms with Crippen LogP contribution in [0.1, 0.15) is 28.8 Å². The third-order valence-electron chi connectivity index (χ3n) is 6.32. The topological polar surface area (TPSA) is 106 Å². The second kappa shape index (κ2) is 12.1. The highest BCUT2D eigenvalue weighted by Gasteiger charge is 2.33. The molecule has 10 nitrogen and oxygen atoms in total. The maximum atomic E-state index is 12.9. The summed E-state index contributed by atoms with van der Waals surface area (Å²) in [5, 5.41) is 3.37. The molecule has 11 heteroatoms. The Balaban J connectivity index is 0.00000320. The van der Waals surface area contributed by atoms with Crippen LogP contribution in [0.5, 0.6) is 11.5 Å². The molecule has 0 unspecified atom stereocenters. The van der Waals surface area contributed by atoms with E-state index in [0.717, 1.165) is 11.4 Å². The van der Waals surface area contributed by atoms with Crippen LogP contribution >= 0.6 is 12.4 Å². The highest BCUT2D eigenvalue weighted by molar-refractivity contribution is 6.11. The molecule has 5 rings (SSSR count). The molecule has 0 atom stereocenters. The first-order valence-corrected chi connectivity index (χ1v) is 12.1. The van der Waals surface area contributed by atoms with E-state index in [1.807, 2.05) is 21.9 Å². The van der Waals surface area contributed by atoms with Crippen LogP contribution in [0.3, 0.4) is 0 Å². The minimum absolute atomic E-state index is 0. The Morgan fingerprint density at radius 2 is 2.03 bits per heavy atom. The lowest BCUT2D eigenvalue weighted by Gasteiger charge is -2.32. The van der Waals surface area contributed by atoms with E-state index in [4.69, 9.17) is 14.2 Å². The number of carbonyl (C=O) groups excluding carboxylic acids is 2. The molecule has 4 heterocycles. The smallest absolute Gasteiger partial charge is 0.222 e. The lowest BCUT2D eigenvalue weighted by Crippen LogP contribution is -2.40. The number of aromatic nitrogens is 1. The number of anilines is 1. The lowest BCUT2D eigenvalue weighted by molar-refractivity contribution is -0.135. The molecule has 0 bridgehead atoms. The van der Waals surface area contributed by atoms with Gasteiger partial charge in [-0.3, -0.25) is 19.6 Å². The SMILES string of the molecule is COc1c(OCCCC(=O)N2CCOCC2)ccc2c1NC(=CC(=O)c1cccnc1)N1CCN=C21.Cl. The number of amidine groups is 1. The first-order valence-electron chi connectivity index (χ1n) is 12.1. The van der Waals surface area contributed by atoms with Crippen molar-refractivity contribution in [2.24, 2.45) is 4.99 Å². The number of halogens is 1. The summed E-state index contributed by atoms with van der Waals surface area (Å²) >= 11 is 0. The number of pyridine rings is 1. The van der Waals surface area contributed by atoms with Crippen molar-refractivity contribution in [2.45, 2.75) is 12.8 Å². The van der Waals surface area contributed by atoms with Crippen LogP contribution in [-0.4, -0.2) is 85.4 Å². The van der Waals surface area contributed by atoms with Crippen molar-refractivity contribution in [3.05, 3.63) is 59.7 Å². The summed E-state index contributed by atoms with van der Waals surface area (Å²) < 4.78 is 17.1. The number of hydrogen-bond acceptors (Lipinski definition) is 9. The second-order valence-corrected chi connectivity index (χ2v) is 8.58. The van der Waals surface area contributed by atoms with E-state index < -0.39 is 0 Å². The van der Waals surface area contributed by atoms with Gasteiger partial charge in [-0.2, -0.15) is 0 Å². The largest absolute Gasteiger partial charge is 0.491 e. The number of aliphatic imine (C=N–C) groups is 1. The average molecular weight is 528 g/mol. The number of allylic oxidation sites excluding steroid dienone is 1. The molecule has 196 valence electrons. The summed E-state index contributed by atoms with van der Waals surface area (Å²) in [6.07, 6.45) is 5.75. The van der Waals surface area contributed by atoms with Crippen LogP contribution in [0.15, 0.2) is 53.5 Å². The van der Waals surface area contributed by atoms with Gasteiger partial charge in [0, 0.05) is 55.7 Å². The third-order valence-corrected chi connectivity index (χ3v) is 6.32. The van der Waals surface area contributed by atoms with Crippen molar-refractivity contribution in [2.75, 3.05) is 58.4 Å². The van der Waals surface area contributed by atoms with Crippen molar-refractivity contribution in [3.63, 3.8) is 0 Å². The number of nitrogens with one attached hydrogen (secondary N) is 1.